The zero-order chi connectivity index (χ0) is 22.0. The highest BCUT2D eigenvalue weighted by Crippen LogP contribution is 2.36. The molecule has 0 amide bonds. The third kappa shape index (κ3) is 5.04. The largest absolute Gasteiger partial charge is 0.488 e. The molecule has 0 aliphatic carbocycles. The maximum Gasteiger partial charge on any atom is 0.124 e. The summed E-state index contributed by atoms with van der Waals surface area (Å²) >= 11 is 6.40. The van der Waals surface area contributed by atoms with Crippen molar-refractivity contribution in [3.63, 3.8) is 0 Å². The Labute approximate surface area is 185 Å². The number of aliphatic hydroxyl groups excluding tert-OH is 4. The molecule has 1 unspecified atom stereocenters. The third-order valence-corrected chi connectivity index (χ3v) is 6.14. The Balaban J connectivity index is 1.47. The van der Waals surface area contributed by atoms with Crippen molar-refractivity contribution in [2.45, 2.75) is 49.5 Å². The lowest BCUT2D eigenvalue weighted by molar-refractivity contribution is -0.0820. The summed E-state index contributed by atoms with van der Waals surface area (Å²) < 4.78 is 16.9. The van der Waals surface area contributed by atoms with Gasteiger partial charge in [-0.3, -0.25) is 0 Å². The van der Waals surface area contributed by atoms with Crippen LogP contribution in [0.2, 0.25) is 5.02 Å². The van der Waals surface area contributed by atoms with Crippen molar-refractivity contribution in [3.05, 3.63) is 64.2 Å². The first kappa shape index (κ1) is 22.5. The number of benzene rings is 2. The van der Waals surface area contributed by atoms with E-state index in [-0.39, 0.29) is 6.10 Å². The van der Waals surface area contributed by atoms with E-state index in [1.54, 1.807) is 12.1 Å². The summed E-state index contributed by atoms with van der Waals surface area (Å²) in [5.41, 5.74) is 2.52. The zero-order valence-corrected chi connectivity index (χ0v) is 17.7. The lowest BCUT2D eigenvalue weighted by Crippen LogP contribution is -2.40. The molecular weight excluding hydrogens is 424 g/mol. The minimum atomic E-state index is -1.30. The molecule has 8 heteroatoms. The summed E-state index contributed by atoms with van der Waals surface area (Å²) in [6.07, 6.45) is -4.15. The topological polar surface area (TPSA) is 109 Å². The summed E-state index contributed by atoms with van der Waals surface area (Å²) in [6, 6.07) is 13.1. The van der Waals surface area contributed by atoms with Gasteiger partial charge in [-0.15, -0.1) is 0 Å². The Kier molecular flexibility index (Phi) is 7.13. The molecule has 0 spiro atoms. The molecule has 0 saturated carbocycles. The van der Waals surface area contributed by atoms with Gasteiger partial charge in [-0.1, -0.05) is 35.9 Å². The van der Waals surface area contributed by atoms with Crippen molar-refractivity contribution < 1.29 is 34.6 Å². The SMILES string of the molecule is OC[C@@H](O)C1O[C@@H](c2ccc(Cl)c(Cc3ccc(O[C@H]4CCOC4)cc3)c2)[C@H](O)[C@H]1O. The van der Waals surface area contributed by atoms with Gasteiger partial charge in [0.05, 0.1) is 19.8 Å². The Bertz CT molecular complexity index is 869. The molecule has 2 aliphatic heterocycles. The molecule has 0 aromatic heterocycles. The second kappa shape index (κ2) is 9.83. The highest BCUT2D eigenvalue weighted by atomic mass is 35.5. The zero-order valence-electron chi connectivity index (χ0n) is 16.9. The van der Waals surface area contributed by atoms with Gasteiger partial charge >= 0.3 is 0 Å². The quantitative estimate of drug-likeness (QED) is 0.507. The van der Waals surface area contributed by atoms with Crippen LogP contribution >= 0.6 is 11.6 Å². The first-order valence-corrected chi connectivity index (χ1v) is 10.8. The van der Waals surface area contributed by atoms with E-state index in [0.717, 1.165) is 29.9 Å². The van der Waals surface area contributed by atoms with Crippen LogP contribution in [0.25, 0.3) is 0 Å². The number of halogens is 1. The monoisotopic (exact) mass is 450 g/mol. The van der Waals surface area contributed by atoms with E-state index in [1.807, 2.05) is 30.3 Å². The first-order valence-electron chi connectivity index (χ1n) is 10.4. The van der Waals surface area contributed by atoms with Crippen LogP contribution in [-0.4, -0.2) is 70.8 Å². The average Bonchev–Trinajstić information content (AvgIpc) is 3.39. The van der Waals surface area contributed by atoms with E-state index in [9.17, 15) is 15.3 Å². The summed E-state index contributed by atoms with van der Waals surface area (Å²) in [7, 11) is 0. The van der Waals surface area contributed by atoms with Gasteiger partial charge in [-0.05, 0) is 41.3 Å². The maximum absolute atomic E-state index is 10.4. The van der Waals surface area contributed by atoms with Crippen molar-refractivity contribution in [2.75, 3.05) is 19.8 Å². The molecule has 2 fully saturated rings. The van der Waals surface area contributed by atoms with E-state index in [4.69, 9.17) is 30.9 Å². The van der Waals surface area contributed by atoms with Gasteiger partial charge in [0.2, 0.25) is 0 Å². The Morgan fingerprint density at radius 3 is 2.55 bits per heavy atom. The van der Waals surface area contributed by atoms with E-state index in [2.05, 4.69) is 0 Å². The van der Waals surface area contributed by atoms with Crippen LogP contribution in [0.5, 0.6) is 5.75 Å². The summed E-state index contributed by atoms with van der Waals surface area (Å²) in [6.45, 7) is 0.776. The van der Waals surface area contributed by atoms with E-state index in [1.165, 1.54) is 0 Å². The molecular formula is C23H27ClO7. The molecule has 168 valence electrons. The molecule has 4 rings (SSSR count). The molecule has 0 bridgehead atoms. The normalized spacial score (nSPS) is 29.3. The van der Waals surface area contributed by atoms with Crippen LogP contribution in [0.4, 0.5) is 0 Å². The van der Waals surface area contributed by atoms with Gasteiger partial charge < -0.3 is 34.6 Å². The van der Waals surface area contributed by atoms with E-state index in [0.29, 0.717) is 23.6 Å². The first-order chi connectivity index (χ1) is 15.0. The molecule has 31 heavy (non-hydrogen) atoms. The Morgan fingerprint density at radius 2 is 1.87 bits per heavy atom. The Morgan fingerprint density at radius 1 is 1.10 bits per heavy atom. The number of ether oxygens (including phenoxy) is 3. The number of hydrogen-bond donors (Lipinski definition) is 4. The Hall–Kier alpha value is -1.71. The summed E-state index contributed by atoms with van der Waals surface area (Å²) in [5.74, 6) is 0.795. The standard InChI is InChI=1S/C23H27ClO7/c24-18-6-3-14(22-20(27)21(28)23(31-22)19(26)11-25)10-15(18)9-13-1-4-16(5-2-13)30-17-7-8-29-12-17/h1-6,10,17,19-23,25-28H,7-9,11-12H2/t17-,19+,20+,21+,22-,23?/m0/s1. The second-order valence-corrected chi connectivity index (χ2v) is 8.43. The number of hydrogen-bond acceptors (Lipinski definition) is 7. The van der Waals surface area contributed by atoms with Crippen LogP contribution in [0, 0.1) is 0 Å². The van der Waals surface area contributed by atoms with Crippen LogP contribution in [0.15, 0.2) is 42.5 Å². The fourth-order valence-electron chi connectivity index (χ4n) is 4.01. The van der Waals surface area contributed by atoms with Crippen molar-refractivity contribution >= 4 is 11.6 Å². The molecule has 0 radical (unpaired) electrons. The minimum Gasteiger partial charge on any atom is -0.488 e. The van der Waals surface area contributed by atoms with Crippen LogP contribution in [-0.2, 0) is 15.9 Å². The van der Waals surface area contributed by atoms with Crippen LogP contribution in [0.3, 0.4) is 0 Å². The lowest BCUT2D eigenvalue weighted by atomic mass is 9.96. The number of aliphatic hydroxyl groups is 4. The third-order valence-electron chi connectivity index (χ3n) is 5.77. The van der Waals surface area contributed by atoms with E-state index >= 15 is 0 Å². The van der Waals surface area contributed by atoms with Gasteiger partial charge in [-0.25, -0.2) is 0 Å². The van der Waals surface area contributed by atoms with Crippen molar-refractivity contribution in [1.29, 1.82) is 0 Å². The highest BCUT2D eigenvalue weighted by Gasteiger charge is 2.46. The molecule has 2 aromatic carbocycles. The molecule has 4 N–H and O–H groups in total. The van der Waals surface area contributed by atoms with Crippen molar-refractivity contribution in [1.82, 2.24) is 0 Å². The van der Waals surface area contributed by atoms with Gasteiger partial charge in [0, 0.05) is 11.4 Å². The smallest absolute Gasteiger partial charge is 0.124 e. The summed E-state index contributed by atoms with van der Waals surface area (Å²) in [5, 5.41) is 40.1. The molecule has 7 nitrogen and oxygen atoms in total. The molecule has 2 heterocycles. The predicted octanol–water partition coefficient (Wildman–Crippen LogP) is 1.61. The maximum atomic E-state index is 10.4. The highest BCUT2D eigenvalue weighted by molar-refractivity contribution is 6.31. The predicted molar refractivity (Wildman–Crippen MR) is 113 cm³/mol. The fraction of sp³-hybridized carbons (Fsp3) is 0.478. The van der Waals surface area contributed by atoms with E-state index < -0.39 is 37.1 Å². The van der Waals surface area contributed by atoms with Crippen molar-refractivity contribution in [3.8, 4) is 5.75 Å². The average molecular weight is 451 g/mol. The minimum absolute atomic E-state index is 0.0957. The van der Waals surface area contributed by atoms with Gasteiger partial charge in [-0.2, -0.15) is 0 Å². The molecule has 2 aromatic rings. The van der Waals surface area contributed by atoms with Gasteiger partial charge in [0.25, 0.3) is 0 Å². The number of rotatable bonds is 7. The lowest BCUT2D eigenvalue weighted by Gasteiger charge is -2.19. The van der Waals surface area contributed by atoms with Gasteiger partial charge in [0.15, 0.2) is 0 Å². The molecule has 2 saturated heterocycles. The fourth-order valence-corrected chi connectivity index (χ4v) is 4.20. The van der Waals surface area contributed by atoms with Crippen molar-refractivity contribution in [2.24, 2.45) is 0 Å². The van der Waals surface area contributed by atoms with Crippen LogP contribution < -0.4 is 4.74 Å². The molecule has 6 atom stereocenters. The van der Waals surface area contributed by atoms with Crippen LogP contribution in [0.1, 0.15) is 29.2 Å². The van der Waals surface area contributed by atoms with Gasteiger partial charge in [0.1, 0.15) is 42.4 Å². The molecule has 2 aliphatic rings. The second-order valence-electron chi connectivity index (χ2n) is 8.03. The summed E-state index contributed by atoms with van der Waals surface area (Å²) in [4.78, 5) is 0.